The zero-order chi connectivity index (χ0) is 19.1. The summed E-state index contributed by atoms with van der Waals surface area (Å²) < 4.78 is 17.8. The Morgan fingerprint density at radius 1 is 1.15 bits per heavy atom. The van der Waals surface area contributed by atoms with Gasteiger partial charge in [-0.05, 0) is 30.9 Å². The first kappa shape index (κ1) is 17.7. The third kappa shape index (κ3) is 3.10. The average molecular weight is 391 g/mol. The summed E-state index contributed by atoms with van der Waals surface area (Å²) in [6.45, 7) is 0.629. The molecule has 142 valence electrons. The monoisotopic (exact) mass is 390 g/mol. The van der Waals surface area contributed by atoms with E-state index in [4.69, 9.17) is 25.8 Å². The molecular formula is C18H19ClN4O4. The summed E-state index contributed by atoms with van der Waals surface area (Å²) in [5.41, 5.74) is 1.72. The number of aromatic nitrogens is 4. The van der Waals surface area contributed by atoms with Gasteiger partial charge in [0.1, 0.15) is 5.69 Å². The Balaban J connectivity index is 1.90. The molecule has 0 saturated heterocycles. The summed E-state index contributed by atoms with van der Waals surface area (Å²) in [7, 11) is 4.61. The van der Waals surface area contributed by atoms with Crippen LogP contribution in [-0.4, -0.2) is 40.8 Å². The number of rotatable bonds is 6. The van der Waals surface area contributed by atoms with Crippen molar-refractivity contribution in [2.45, 2.75) is 19.4 Å². The zero-order valence-corrected chi connectivity index (χ0v) is 16.0. The molecular weight excluding hydrogens is 372 g/mol. The minimum Gasteiger partial charge on any atom is -0.493 e. The van der Waals surface area contributed by atoms with Crippen LogP contribution in [0.2, 0.25) is 5.15 Å². The zero-order valence-electron chi connectivity index (χ0n) is 15.2. The first-order chi connectivity index (χ1) is 13.0. The number of H-pyrrole nitrogens is 1. The Hall–Kier alpha value is -2.74. The number of halogens is 1. The highest BCUT2D eigenvalue weighted by Crippen LogP contribution is 2.42. The van der Waals surface area contributed by atoms with Crippen molar-refractivity contribution in [2.24, 2.45) is 5.92 Å². The number of fused-ring (bicyclic) bond motifs is 1. The van der Waals surface area contributed by atoms with Gasteiger partial charge in [0.2, 0.25) is 5.75 Å². The Kier molecular flexibility index (Phi) is 4.43. The van der Waals surface area contributed by atoms with E-state index >= 15 is 0 Å². The number of nitrogens with one attached hydrogen (secondary N) is 1. The fraction of sp³-hybridized carbons (Fsp3) is 0.389. The second kappa shape index (κ2) is 6.77. The van der Waals surface area contributed by atoms with E-state index in [1.807, 2.05) is 0 Å². The van der Waals surface area contributed by atoms with Crippen molar-refractivity contribution in [3.8, 4) is 28.5 Å². The number of hydrogen-bond acceptors (Lipinski definition) is 6. The van der Waals surface area contributed by atoms with Gasteiger partial charge in [0, 0.05) is 12.1 Å². The molecule has 0 spiro atoms. The highest BCUT2D eigenvalue weighted by Gasteiger charge is 2.25. The summed E-state index contributed by atoms with van der Waals surface area (Å²) in [5, 5.41) is 0.177. The molecule has 2 aromatic heterocycles. The predicted octanol–water partition coefficient (Wildman–Crippen LogP) is 2.88. The van der Waals surface area contributed by atoms with Crippen molar-refractivity contribution in [3.05, 3.63) is 27.8 Å². The normalized spacial score (nSPS) is 13.8. The molecule has 0 bridgehead atoms. The molecule has 1 aliphatic rings. The molecule has 0 amide bonds. The van der Waals surface area contributed by atoms with Gasteiger partial charge < -0.3 is 14.2 Å². The quantitative estimate of drug-likeness (QED) is 0.695. The lowest BCUT2D eigenvalue weighted by Gasteiger charge is -2.14. The maximum atomic E-state index is 12.3. The van der Waals surface area contributed by atoms with Gasteiger partial charge in [-0.25, -0.2) is 14.8 Å². The van der Waals surface area contributed by atoms with Gasteiger partial charge in [-0.3, -0.25) is 9.55 Å². The van der Waals surface area contributed by atoms with E-state index in [0.717, 1.165) is 12.8 Å². The molecule has 1 fully saturated rings. The largest absolute Gasteiger partial charge is 0.493 e. The lowest BCUT2D eigenvalue weighted by molar-refractivity contribution is 0.324. The minimum absolute atomic E-state index is 0.177. The molecule has 1 aromatic carbocycles. The van der Waals surface area contributed by atoms with Gasteiger partial charge in [0.15, 0.2) is 27.9 Å². The molecule has 0 radical (unpaired) electrons. The van der Waals surface area contributed by atoms with E-state index in [0.29, 0.717) is 52.3 Å². The molecule has 0 unspecified atom stereocenters. The number of benzene rings is 1. The van der Waals surface area contributed by atoms with Gasteiger partial charge in [-0.1, -0.05) is 11.6 Å². The first-order valence-corrected chi connectivity index (χ1v) is 8.90. The Morgan fingerprint density at radius 2 is 1.81 bits per heavy atom. The van der Waals surface area contributed by atoms with Gasteiger partial charge >= 0.3 is 5.69 Å². The van der Waals surface area contributed by atoms with E-state index in [1.54, 1.807) is 16.7 Å². The van der Waals surface area contributed by atoms with E-state index in [1.165, 1.54) is 21.3 Å². The van der Waals surface area contributed by atoms with Crippen LogP contribution in [0.4, 0.5) is 0 Å². The highest BCUT2D eigenvalue weighted by molar-refractivity contribution is 6.32. The molecule has 2 heterocycles. The molecule has 8 nitrogen and oxygen atoms in total. The molecule has 1 saturated carbocycles. The second-order valence-electron chi connectivity index (χ2n) is 6.43. The van der Waals surface area contributed by atoms with E-state index in [-0.39, 0.29) is 10.8 Å². The number of methoxy groups -OCH3 is 3. The number of hydrogen-bond donors (Lipinski definition) is 1. The summed E-state index contributed by atoms with van der Waals surface area (Å²) in [6, 6.07) is 3.50. The Bertz CT molecular complexity index is 1050. The van der Waals surface area contributed by atoms with E-state index in [2.05, 4.69) is 15.0 Å². The van der Waals surface area contributed by atoms with Crippen LogP contribution in [0.15, 0.2) is 16.9 Å². The first-order valence-electron chi connectivity index (χ1n) is 8.52. The van der Waals surface area contributed by atoms with Crippen LogP contribution in [0, 0.1) is 5.92 Å². The fourth-order valence-electron chi connectivity index (χ4n) is 3.07. The van der Waals surface area contributed by atoms with Crippen molar-refractivity contribution >= 4 is 22.9 Å². The van der Waals surface area contributed by atoms with Crippen LogP contribution in [-0.2, 0) is 6.54 Å². The molecule has 0 aliphatic heterocycles. The molecule has 9 heteroatoms. The highest BCUT2D eigenvalue weighted by atomic mass is 35.5. The lowest BCUT2D eigenvalue weighted by Crippen LogP contribution is -2.18. The van der Waals surface area contributed by atoms with Crippen molar-refractivity contribution in [1.82, 2.24) is 19.5 Å². The molecule has 27 heavy (non-hydrogen) atoms. The van der Waals surface area contributed by atoms with Crippen LogP contribution in [0.1, 0.15) is 12.8 Å². The Morgan fingerprint density at radius 3 is 2.37 bits per heavy atom. The number of nitrogens with zero attached hydrogens (tertiary/aromatic N) is 3. The summed E-state index contributed by atoms with van der Waals surface area (Å²) >= 11 is 6.36. The Labute approximate surface area is 160 Å². The van der Waals surface area contributed by atoms with Crippen molar-refractivity contribution < 1.29 is 14.2 Å². The van der Waals surface area contributed by atoms with Crippen molar-refractivity contribution in [2.75, 3.05) is 21.3 Å². The van der Waals surface area contributed by atoms with Crippen LogP contribution >= 0.6 is 11.6 Å². The summed E-state index contributed by atoms with van der Waals surface area (Å²) in [4.78, 5) is 24.0. The minimum atomic E-state index is -0.227. The molecule has 3 aromatic rings. The third-order valence-corrected chi connectivity index (χ3v) is 4.90. The van der Waals surface area contributed by atoms with Gasteiger partial charge in [0.25, 0.3) is 0 Å². The van der Waals surface area contributed by atoms with Crippen LogP contribution in [0.25, 0.3) is 22.6 Å². The molecule has 1 N–H and O–H groups in total. The number of imidazole rings is 1. The molecule has 0 atom stereocenters. The molecule has 4 rings (SSSR count). The third-order valence-electron chi connectivity index (χ3n) is 4.64. The standard InChI is InChI=1S/C18H19ClN4O4/c1-25-11-6-10(7-12(26-2)14(11)27-3)13-15(19)21-16-17(20-13)23(18(24)22-16)8-9-4-5-9/h6-7,9H,4-5,8H2,1-3H3,(H,21,22,24). The summed E-state index contributed by atoms with van der Waals surface area (Å²) in [6.07, 6.45) is 2.25. The average Bonchev–Trinajstić information content (AvgIpc) is 3.44. The van der Waals surface area contributed by atoms with Crippen LogP contribution in [0.3, 0.4) is 0 Å². The summed E-state index contributed by atoms with van der Waals surface area (Å²) in [5.74, 6) is 1.95. The predicted molar refractivity (Wildman–Crippen MR) is 101 cm³/mol. The SMILES string of the molecule is COc1cc(-c2nc3c(nc2Cl)[nH]c(=O)n3CC2CC2)cc(OC)c1OC. The topological polar surface area (TPSA) is 91.3 Å². The maximum Gasteiger partial charge on any atom is 0.328 e. The van der Waals surface area contributed by atoms with Crippen LogP contribution < -0.4 is 19.9 Å². The molecule has 1 aliphatic carbocycles. The van der Waals surface area contributed by atoms with E-state index in [9.17, 15) is 4.79 Å². The van der Waals surface area contributed by atoms with Crippen LogP contribution in [0.5, 0.6) is 17.2 Å². The van der Waals surface area contributed by atoms with Gasteiger partial charge in [-0.15, -0.1) is 0 Å². The number of aromatic amines is 1. The van der Waals surface area contributed by atoms with Gasteiger partial charge in [0.05, 0.1) is 21.3 Å². The fourth-order valence-corrected chi connectivity index (χ4v) is 3.31. The number of ether oxygens (including phenoxy) is 3. The van der Waals surface area contributed by atoms with E-state index < -0.39 is 0 Å². The smallest absolute Gasteiger partial charge is 0.328 e. The second-order valence-corrected chi connectivity index (χ2v) is 6.79. The van der Waals surface area contributed by atoms with Gasteiger partial charge in [-0.2, -0.15) is 0 Å². The maximum absolute atomic E-state index is 12.3. The van der Waals surface area contributed by atoms with Crippen molar-refractivity contribution in [1.29, 1.82) is 0 Å². The lowest BCUT2D eigenvalue weighted by atomic mass is 10.1. The van der Waals surface area contributed by atoms with Crippen molar-refractivity contribution in [3.63, 3.8) is 0 Å².